The highest BCUT2D eigenvalue weighted by molar-refractivity contribution is 5.84. The first-order chi connectivity index (χ1) is 16.3. The molecule has 2 aromatic heterocycles. The molecule has 1 aliphatic rings. The maximum absolute atomic E-state index is 13.0. The molecule has 1 aliphatic heterocycles. The van der Waals surface area contributed by atoms with E-state index in [1.165, 1.54) is 0 Å². The number of nitrogens with one attached hydrogen (secondary N) is 2. The number of fused-ring (bicyclic) bond motifs is 1. The molecule has 176 valence electrons. The van der Waals surface area contributed by atoms with E-state index in [4.69, 9.17) is 4.98 Å². The molecule has 34 heavy (non-hydrogen) atoms. The number of halogens is 3. The van der Waals surface area contributed by atoms with Crippen molar-refractivity contribution in [2.24, 2.45) is 0 Å². The molecule has 3 heterocycles. The molecule has 0 aliphatic carbocycles. The number of rotatable bonds is 4. The first-order valence-corrected chi connectivity index (χ1v) is 11.1. The molecule has 2 aromatic carbocycles. The quantitative estimate of drug-likeness (QED) is 0.402. The summed E-state index contributed by atoms with van der Waals surface area (Å²) >= 11 is 0. The lowest BCUT2D eigenvalue weighted by molar-refractivity contribution is -0.137. The Hall–Kier alpha value is -3.43. The molecule has 1 saturated heterocycles. The number of benzene rings is 2. The summed E-state index contributed by atoms with van der Waals surface area (Å²) in [6.07, 6.45) is -4.35. The van der Waals surface area contributed by atoms with Crippen LogP contribution in [0.5, 0.6) is 5.75 Å². The van der Waals surface area contributed by atoms with E-state index in [2.05, 4.69) is 20.4 Å². The van der Waals surface area contributed by atoms with Crippen molar-refractivity contribution < 1.29 is 18.3 Å². The number of pyridine rings is 1. The molecule has 6 nitrogen and oxygen atoms in total. The highest BCUT2D eigenvalue weighted by Gasteiger charge is 2.31. The fraction of sp³-hybridized carbons (Fsp3) is 0.280. The van der Waals surface area contributed by atoms with Gasteiger partial charge in [-0.1, -0.05) is 12.1 Å². The zero-order valence-corrected chi connectivity index (χ0v) is 18.5. The summed E-state index contributed by atoms with van der Waals surface area (Å²) < 4.78 is 39.1. The Balaban J connectivity index is 1.50. The molecule has 1 unspecified atom stereocenters. The van der Waals surface area contributed by atoms with Crippen molar-refractivity contribution >= 4 is 11.0 Å². The Kier molecular flexibility index (Phi) is 5.75. The van der Waals surface area contributed by atoms with Crippen LogP contribution < -0.4 is 5.32 Å². The van der Waals surface area contributed by atoms with Gasteiger partial charge in [-0.05, 0) is 60.5 Å². The largest absolute Gasteiger partial charge is 0.508 e. The van der Waals surface area contributed by atoms with Gasteiger partial charge in [-0.2, -0.15) is 18.3 Å². The summed E-state index contributed by atoms with van der Waals surface area (Å²) in [6, 6.07) is 14.3. The molecular weight excluding hydrogens is 443 g/mol. The zero-order valence-electron chi connectivity index (χ0n) is 18.5. The summed E-state index contributed by atoms with van der Waals surface area (Å²) in [4.78, 5) is 6.98. The van der Waals surface area contributed by atoms with Gasteiger partial charge in [0.05, 0.1) is 11.3 Å². The van der Waals surface area contributed by atoms with E-state index in [-0.39, 0.29) is 11.8 Å². The molecule has 1 atom stereocenters. The van der Waals surface area contributed by atoms with Gasteiger partial charge in [-0.25, -0.2) is 4.98 Å². The Morgan fingerprint density at radius 2 is 1.82 bits per heavy atom. The number of alkyl halides is 3. The molecule has 0 radical (unpaired) electrons. The van der Waals surface area contributed by atoms with Crippen LogP contribution in [-0.4, -0.2) is 44.8 Å². The molecule has 0 bridgehead atoms. The first-order valence-electron chi connectivity index (χ1n) is 11.1. The minimum absolute atomic E-state index is 0.0661. The fourth-order valence-corrected chi connectivity index (χ4v) is 4.55. The summed E-state index contributed by atoms with van der Waals surface area (Å²) in [5, 5.41) is 21.3. The number of hydrogen-bond acceptors (Lipinski definition) is 5. The van der Waals surface area contributed by atoms with Crippen molar-refractivity contribution in [3.05, 3.63) is 77.0 Å². The SMILES string of the molecule is Cc1[nH]nc2nc(-c3ccc(O)cc3)cc(CN3CCNCC3c3ccc(C(F)(F)F)cc3)c12. The van der Waals surface area contributed by atoms with Gasteiger partial charge in [0.25, 0.3) is 0 Å². The van der Waals surface area contributed by atoms with E-state index in [1.54, 1.807) is 24.3 Å². The minimum Gasteiger partial charge on any atom is -0.508 e. The van der Waals surface area contributed by atoms with E-state index in [1.807, 2.05) is 25.1 Å². The van der Waals surface area contributed by atoms with Crippen molar-refractivity contribution in [1.82, 2.24) is 25.4 Å². The van der Waals surface area contributed by atoms with Crippen LogP contribution in [-0.2, 0) is 12.7 Å². The van der Waals surface area contributed by atoms with Crippen LogP contribution in [0.1, 0.15) is 28.4 Å². The third-order valence-electron chi connectivity index (χ3n) is 6.30. The molecule has 5 rings (SSSR count). The van der Waals surface area contributed by atoms with Gasteiger partial charge in [-0.15, -0.1) is 0 Å². The lowest BCUT2D eigenvalue weighted by Crippen LogP contribution is -2.45. The van der Waals surface area contributed by atoms with Gasteiger partial charge in [0.1, 0.15) is 5.75 Å². The second-order valence-corrected chi connectivity index (χ2v) is 8.57. The number of aromatic hydroxyl groups is 1. The Morgan fingerprint density at radius 3 is 2.53 bits per heavy atom. The lowest BCUT2D eigenvalue weighted by Gasteiger charge is -2.37. The van der Waals surface area contributed by atoms with Gasteiger partial charge >= 0.3 is 6.18 Å². The summed E-state index contributed by atoms with van der Waals surface area (Å²) in [5.74, 6) is 0.181. The number of aryl methyl sites for hydroxylation is 1. The van der Waals surface area contributed by atoms with Crippen molar-refractivity contribution in [2.75, 3.05) is 19.6 Å². The van der Waals surface area contributed by atoms with Gasteiger partial charge in [0.15, 0.2) is 5.65 Å². The van der Waals surface area contributed by atoms with Crippen molar-refractivity contribution in [1.29, 1.82) is 0 Å². The van der Waals surface area contributed by atoms with Crippen molar-refractivity contribution in [3.8, 4) is 17.0 Å². The van der Waals surface area contributed by atoms with Crippen LogP contribution in [0.2, 0.25) is 0 Å². The van der Waals surface area contributed by atoms with Crippen LogP contribution in [0.15, 0.2) is 54.6 Å². The Labute approximate surface area is 194 Å². The highest BCUT2D eigenvalue weighted by atomic mass is 19.4. The molecule has 0 spiro atoms. The average molecular weight is 467 g/mol. The molecule has 4 aromatic rings. The molecular formula is C25H24F3N5O. The Bertz CT molecular complexity index is 1300. The molecule has 1 fully saturated rings. The second kappa shape index (κ2) is 8.73. The average Bonchev–Trinajstić information content (AvgIpc) is 3.20. The van der Waals surface area contributed by atoms with E-state index < -0.39 is 11.7 Å². The van der Waals surface area contributed by atoms with Crippen LogP contribution >= 0.6 is 0 Å². The van der Waals surface area contributed by atoms with Crippen LogP contribution in [0.25, 0.3) is 22.3 Å². The number of aromatic nitrogens is 3. The summed E-state index contributed by atoms with van der Waals surface area (Å²) in [7, 11) is 0. The zero-order chi connectivity index (χ0) is 23.9. The predicted octanol–water partition coefficient (Wildman–Crippen LogP) is 4.80. The number of phenols is 1. The van der Waals surface area contributed by atoms with Crippen LogP contribution in [0.4, 0.5) is 13.2 Å². The van der Waals surface area contributed by atoms with Crippen LogP contribution in [0.3, 0.4) is 0 Å². The van der Waals surface area contributed by atoms with Gasteiger partial charge in [0, 0.05) is 48.9 Å². The topological polar surface area (TPSA) is 77.1 Å². The molecule has 3 N–H and O–H groups in total. The van der Waals surface area contributed by atoms with E-state index in [0.29, 0.717) is 18.7 Å². The van der Waals surface area contributed by atoms with Gasteiger partial charge in [-0.3, -0.25) is 10.00 Å². The van der Waals surface area contributed by atoms with E-state index in [9.17, 15) is 18.3 Å². The number of nitrogens with zero attached hydrogens (tertiary/aromatic N) is 3. The standard InChI is InChI=1S/C25H24F3N5O/c1-15-23-18(12-21(30-24(23)32-31-15)16-4-8-20(34)9-5-16)14-33-11-10-29-13-22(33)17-2-6-19(7-3-17)25(26,27)28/h2-9,12,22,29,34H,10-11,13-14H2,1H3,(H,30,31,32). The van der Waals surface area contributed by atoms with Gasteiger partial charge < -0.3 is 10.4 Å². The number of piperazine rings is 1. The number of H-pyrrole nitrogens is 1. The first kappa shape index (κ1) is 22.4. The number of hydrogen-bond donors (Lipinski definition) is 3. The summed E-state index contributed by atoms with van der Waals surface area (Å²) in [5.41, 5.74) is 4.37. The fourth-order valence-electron chi connectivity index (χ4n) is 4.55. The van der Waals surface area contributed by atoms with Crippen LogP contribution in [0, 0.1) is 6.92 Å². The third-order valence-corrected chi connectivity index (χ3v) is 6.30. The van der Waals surface area contributed by atoms with Crippen molar-refractivity contribution in [3.63, 3.8) is 0 Å². The molecule has 0 amide bonds. The van der Waals surface area contributed by atoms with E-state index >= 15 is 0 Å². The third kappa shape index (κ3) is 4.36. The minimum atomic E-state index is -4.35. The molecule has 9 heteroatoms. The normalized spacial score (nSPS) is 17.4. The summed E-state index contributed by atoms with van der Waals surface area (Å²) in [6.45, 7) is 4.74. The predicted molar refractivity (Wildman–Crippen MR) is 123 cm³/mol. The Morgan fingerprint density at radius 1 is 1.09 bits per heavy atom. The van der Waals surface area contributed by atoms with E-state index in [0.717, 1.165) is 58.7 Å². The number of aromatic amines is 1. The molecule has 0 saturated carbocycles. The van der Waals surface area contributed by atoms with Crippen molar-refractivity contribution in [2.45, 2.75) is 25.7 Å². The van der Waals surface area contributed by atoms with Gasteiger partial charge in [0.2, 0.25) is 0 Å². The maximum atomic E-state index is 13.0. The smallest absolute Gasteiger partial charge is 0.416 e. The second-order valence-electron chi connectivity index (χ2n) is 8.57. The monoisotopic (exact) mass is 467 g/mol. The number of phenolic OH excluding ortho intramolecular Hbond substituents is 1. The maximum Gasteiger partial charge on any atom is 0.416 e. The highest BCUT2D eigenvalue weighted by Crippen LogP contribution is 2.33. The lowest BCUT2D eigenvalue weighted by atomic mass is 9.99.